The first-order chi connectivity index (χ1) is 12.3. The number of aromatic nitrogens is 2. The van der Waals surface area contributed by atoms with Gasteiger partial charge in [0.05, 0.1) is 11.7 Å². The number of imidazole rings is 1. The van der Waals surface area contributed by atoms with Crippen molar-refractivity contribution in [2.24, 2.45) is 0 Å². The molecule has 26 heavy (non-hydrogen) atoms. The molecular weight excluding hydrogens is 326 g/mol. The molecule has 0 saturated heterocycles. The highest BCUT2D eigenvalue weighted by Crippen LogP contribution is 2.25. The van der Waals surface area contributed by atoms with E-state index in [0.29, 0.717) is 12.4 Å². The summed E-state index contributed by atoms with van der Waals surface area (Å²) in [6, 6.07) is 13.8. The fourth-order valence-corrected chi connectivity index (χ4v) is 3.06. The topological polar surface area (TPSA) is 47.4 Å². The van der Waals surface area contributed by atoms with Crippen molar-refractivity contribution in [2.45, 2.75) is 46.8 Å². The van der Waals surface area contributed by atoms with Gasteiger partial charge in [0, 0.05) is 6.92 Å². The second kappa shape index (κ2) is 6.83. The van der Waals surface area contributed by atoms with Crippen LogP contribution in [0.5, 0.6) is 5.75 Å². The molecule has 0 bridgehead atoms. The highest BCUT2D eigenvalue weighted by atomic mass is 16.5. The molecule has 0 saturated carbocycles. The van der Waals surface area contributed by atoms with Gasteiger partial charge in [0.1, 0.15) is 6.61 Å². The van der Waals surface area contributed by atoms with Crippen LogP contribution in [0.25, 0.3) is 5.65 Å². The molecule has 2 aromatic heterocycles. The van der Waals surface area contributed by atoms with Crippen LogP contribution in [0.15, 0.2) is 48.7 Å². The van der Waals surface area contributed by atoms with Crippen LogP contribution in [-0.2, 0) is 6.61 Å². The summed E-state index contributed by atoms with van der Waals surface area (Å²) < 4.78 is 9.76. The number of anilines is 1. The fraction of sp³-hybridized carbons (Fsp3) is 0.333. The van der Waals surface area contributed by atoms with E-state index in [2.05, 4.69) is 26.1 Å². The van der Waals surface area contributed by atoms with Crippen molar-refractivity contribution in [3.05, 3.63) is 59.9 Å². The second-order valence-corrected chi connectivity index (χ2v) is 7.50. The lowest BCUT2D eigenvalue weighted by molar-refractivity contribution is -0.496. The largest absolute Gasteiger partial charge is 0.482 e. The average molecular weight is 352 g/mol. The molecule has 1 N–H and O–H groups in total. The number of carbonyl (C=O) groups excluding carboxylic acids is 1. The molecule has 0 aliphatic rings. The molecule has 0 unspecified atom stereocenters. The van der Waals surface area contributed by atoms with Crippen LogP contribution in [0.4, 0.5) is 5.82 Å². The third-order valence-corrected chi connectivity index (χ3v) is 4.11. The number of pyridine rings is 1. The maximum Gasteiger partial charge on any atom is 0.284 e. The maximum atomic E-state index is 12.4. The van der Waals surface area contributed by atoms with Crippen molar-refractivity contribution in [2.75, 3.05) is 5.32 Å². The first-order valence-electron chi connectivity index (χ1n) is 8.79. The van der Waals surface area contributed by atoms with Crippen LogP contribution in [0, 0.1) is 6.92 Å². The minimum atomic E-state index is -0.130. The molecule has 136 valence electrons. The number of benzene rings is 1. The van der Waals surface area contributed by atoms with E-state index in [9.17, 15) is 4.79 Å². The van der Waals surface area contributed by atoms with Gasteiger partial charge in [-0.1, -0.05) is 30.3 Å². The maximum absolute atomic E-state index is 12.4. The molecule has 0 aliphatic heterocycles. The van der Waals surface area contributed by atoms with Crippen molar-refractivity contribution < 1.29 is 13.9 Å². The van der Waals surface area contributed by atoms with E-state index in [0.717, 1.165) is 22.7 Å². The summed E-state index contributed by atoms with van der Waals surface area (Å²) in [4.78, 5) is 12.4. The number of nitrogens with one attached hydrogen (secondary N) is 1. The van der Waals surface area contributed by atoms with Gasteiger partial charge in [0.25, 0.3) is 17.4 Å². The van der Waals surface area contributed by atoms with Gasteiger partial charge in [-0.2, -0.15) is 8.97 Å². The van der Waals surface area contributed by atoms with Gasteiger partial charge < -0.3 is 4.74 Å². The summed E-state index contributed by atoms with van der Waals surface area (Å²) in [5, 5.41) is 3.50. The van der Waals surface area contributed by atoms with Crippen molar-refractivity contribution in [1.29, 1.82) is 0 Å². The molecule has 0 aliphatic carbocycles. The molecule has 0 atom stereocenters. The van der Waals surface area contributed by atoms with Gasteiger partial charge in [0.15, 0.2) is 11.4 Å². The number of hydrogen-bond acceptors (Lipinski definition) is 3. The molecule has 1 aromatic carbocycles. The van der Waals surface area contributed by atoms with Gasteiger partial charge in [-0.15, -0.1) is 0 Å². The first-order valence-corrected chi connectivity index (χ1v) is 8.79. The van der Waals surface area contributed by atoms with E-state index in [1.54, 1.807) is 11.5 Å². The molecule has 0 radical (unpaired) electrons. The monoisotopic (exact) mass is 352 g/mol. The van der Waals surface area contributed by atoms with Gasteiger partial charge in [0.2, 0.25) is 0 Å². The average Bonchev–Trinajstić information content (AvgIpc) is 2.85. The Labute approximate surface area is 154 Å². The highest BCUT2D eigenvalue weighted by Gasteiger charge is 2.29. The summed E-state index contributed by atoms with van der Waals surface area (Å²) in [5.74, 6) is 1.53. The normalized spacial score (nSPS) is 11.6. The standard InChI is InChI=1S/C21H26N3O2/c1-15-19(22-21(3,4)5)23-13-9-12-18(20(23)24(15)16(2)25)26-14-17-10-7-6-8-11-17/h6-13,22H,14H2,1-5H3/q+1. The summed E-state index contributed by atoms with van der Waals surface area (Å²) in [6.45, 7) is 10.3. The summed E-state index contributed by atoms with van der Waals surface area (Å²) in [7, 11) is 0. The number of ether oxygens (including phenoxy) is 1. The minimum absolute atomic E-state index is 0.0438. The van der Waals surface area contributed by atoms with E-state index < -0.39 is 0 Å². The highest BCUT2D eigenvalue weighted by molar-refractivity contribution is 5.83. The van der Waals surface area contributed by atoms with Gasteiger partial charge in [-0.05, 0) is 45.4 Å². The molecule has 5 heteroatoms. The van der Waals surface area contributed by atoms with E-state index in [1.807, 2.05) is 60.0 Å². The molecule has 5 nitrogen and oxygen atoms in total. The smallest absolute Gasteiger partial charge is 0.284 e. The zero-order valence-electron chi connectivity index (χ0n) is 16.0. The van der Waals surface area contributed by atoms with Crippen LogP contribution in [0.3, 0.4) is 0 Å². The molecule has 3 rings (SSSR count). The lowest BCUT2D eigenvalue weighted by Gasteiger charge is -2.16. The zero-order chi connectivity index (χ0) is 18.9. The SMILES string of the molecule is CC(=O)n1c(C)c(NC(C)(C)C)[n+]2cccc(OCc3ccccc3)c12. The number of carbonyl (C=O) groups is 1. The number of fused-ring (bicyclic) bond motifs is 1. The Balaban J connectivity index is 2.10. The summed E-state index contributed by atoms with van der Waals surface area (Å²) in [5.41, 5.74) is 2.55. The van der Waals surface area contributed by atoms with E-state index in [1.165, 1.54) is 0 Å². The van der Waals surface area contributed by atoms with Crippen molar-refractivity contribution >= 4 is 17.4 Å². The van der Waals surface area contributed by atoms with E-state index in [4.69, 9.17) is 4.74 Å². The van der Waals surface area contributed by atoms with Crippen LogP contribution in [-0.4, -0.2) is 16.0 Å². The van der Waals surface area contributed by atoms with Crippen LogP contribution >= 0.6 is 0 Å². The third kappa shape index (κ3) is 3.57. The molecule has 3 aromatic rings. The number of nitrogens with zero attached hydrogens (tertiary/aromatic N) is 2. The van der Waals surface area contributed by atoms with Crippen molar-refractivity contribution in [1.82, 2.24) is 4.57 Å². The van der Waals surface area contributed by atoms with Gasteiger partial charge >= 0.3 is 0 Å². The molecule has 0 spiro atoms. The predicted octanol–water partition coefficient (Wildman–Crippen LogP) is 3.98. The number of hydrogen-bond donors (Lipinski definition) is 1. The molecule has 0 amide bonds. The van der Waals surface area contributed by atoms with Crippen molar-refractivity contribution in [3.8, 4) is 5.75 Å². The Hall–Kier alpha value is -2.82. The van der Waals surface area contributed by atoms with E-state index in [-0.39, 0.29) is 11.4 Å². The Morgan fingerprint density at radius 1 is 1.15 bits per heavy atom. The van der Waals surface area contributed by atoms with Gasteiger partial charge in [-0.25, -0.2) is 0 Å². The zero-order valence-corrected chi connectivity index (χ0v) is 16.0. The Morgan fingerprint density at radius 3 is 2.46 bits per heavy atom. The third-order valence-electron chi connectivity index (χ3n) is 4.11. The Bertz CT molecular complexity index is 937. The summed E-state index contributed by atoms with van der Waals surface area (Å²) in [6.07, 6.45) is 1.95. The van der Waals surface area contributed by atoms with Gasteiger partial charge in [-0.3, -0.25) is 10.1 Å². The Kier molecular flexibility index (Phi) is 4.72. The molecular formula is C21H26N3O2+. The fourth-order valence-electron chi connectivity index (χ4n) is 3.06. The predicted molar refractivity (Wildman–Crippen MR) is 103 cm³/mol. The molecule has 0 fully saturated rings. The van der Waals surface area contributed by atoms with Crippen LogP contribution in [0.2, 0.25) is 0 Å². The lowest BCUT2D eigenvalue weighted by Crippen LogP contribution is -2.33. The van der Waals surface area contributed by atoms with Crippen molar-refractivity contribution in [3.63, 3.8) is 0 Å². The quantitative estimate of drug-likeness (QED) is 0.723. The second-order valence-electron chi connectivity index (χ2n) is 7.50. The van der Waals surface area contributed by atoms with Crippen LogP contribution < -0.4 is 14.5 Å². The minimum Gasteiger partial charge on any atom is -0.482 e. The summed E-state index contributed by atoms with van der Waals surface area (Å²) >= 11 is 0. The number of rotatable bonds is 4. The molecule has 2 heterocycles. The van der Waals surface area contributed by atoms with E-state index >= 15 is 0 Å². The van der Waals surface area contributed by atoms with Crippen LogP contribution in [0.1, 0.15) is 43.7 Å². The Morgan fingerprint density at radius 2 is 1.85 bits per heavy atom. The lowest BCUT2D eigenvalue weighted by atomic mass is 10.1. The first kappa shape index (κ1) is 18.0.